The Bertz CT molecular complexity index is 2150. The first-order valence-corrected chi connectivity index (χ1v) is 18.0. The van der Waals surface area contributed by atoms with Crippen LogP contribution in [0.25, 0.3) is 11.1 Å². The van der Waals surface area contributed by atoms with Gasteiger partial charge in [-0.15, -0.1) is 0 Å². The summed E-state index contributed by atoms with van der Waals surface area (Å²) in [5, 5.41) is 18.4. The maximum Gasteiger partial charge on any atom is 0.514 e. The molecule has 0 saturated carbocycles. The normalized spacial score (nSPS) is 13.1. The van der Waals surface area contributed by atoms with E-state index >= 15 is 0 Å². The predicted octanol–water partition coefficient (Wildman–Crippen LogP) is 5.56. The van der Waals surface area contributed by atoms with Crippen molar-refractivity contribution in [2.45, 2.75) is 50.3 Å². The number of fused-ring (bicyclic) bond motifs is 3. The molecule has 0 bridgehead atoms. The summed E-state index contributed by atoms with van der Waals surface area (Å²) >= 11 is 0. The maximum absolute atomic E-state index is 13.2. The zero-order chi connectivity index (χ0) is 39.2. The van der Waals surface area contributed by atoms with Crippen LogP contribution in [0, 0.1) is 16.0 Å². The molecule has 2 unspecified atom stereocenters. The number of nitrogens with one attached hydrogen (secondary N) is 3. The fraction of sp³-hybridized carbons (Fsp3) is 0.243. The lowest BCUT2D eigenvalue weighted by molar-refractivity contribution is -0.384. The van der Waals surface area contributed by atoms with Crippen molar-refractivity contribution < 1.29 is 51.3 Å². The molecule has 282 valence electrons. The molecule has 4 aromatic carbocycles. The monoisotopic (exact) mass is 760 g/mol. The van der Waals surface area contributed by atoms with E-state index in [2.05, 4.69) is 16.0 Å². The van der Waals surface area contributed by atoms with Crippen LogP contribution in [0.15, 0.2) is 95.9 Å². The van der Waals surface area contributed by atoms with Crippen molar-refractivity contribution >= 4 is 45.6 Å². The summed E-state index contributed by atoms with van der Waals surface area (Å²) in [6.45, 7) is 4.15. The van der Waals surface area contributed by atoms with Gasteiger partial charge in [0, 0.05) is 29.3 Å². The Balaban J connectivity index is 1.15. The average molecular weight is 761 g/mol. The van der Waals surface area contributed by atoms with Crippen molar-refractivity contribution in [1.82, 2.24) is 10.6 Å². The number of nitrogens with zero attached hydrogens (tertiary/aromatic N) is 1. The summed E-state index contributed by atoms with van der Waals surface area (Å²) in [4.78, 5) is 60.8. The van der Waals surface area contributed by atoms with E-state index < -0.39 is 68.6 Å². The predicted molar refractivity (Wildman–Crippen MR) is 193 cm³/mol. The first kappa shape index (κ1) is 38.9. The number of benzene rings is 4. The molecule has 0 aliphatic heterocycles. The average Bonchev–Trinajstić information content (AvgIpc) is 3.45. The van der Waals surface area contributed by atoms with E-state index in [1.165, 1.54) is 19.1 Å². The standard InChI is InChI=1S/C37H36N4O12S/c1-21(2)33(40-36(44)51-20-31-29-10-6-4-8-27(29)28-9-5-7-11-30(28)31)35(43)38-22(3)34(42)39-24-13-12-23(32(18-24)54(48,49)50)19-52-37(45)53-26-16-14-25(15-17-26)41(46)47/h4-18,21-22,31,33H,19-20H2,1-3H3,(H,38,43)(H,39,42)(H,40,44)(H,48,49,50). The second-order valence-electron chi connectivity index (χ2n) is 12.6. The molecular weight excluding hydrogens is 724 g/mol. The first-order valence-electron chi connectivity index (χ1n) is 16.5. The summed E-state index contributed by atoms with van der Waals surface area (Å²) in [6, 6.07) is 21.4. The van der Waals surface area contributed by atoms with Gasteiger partial charge >= 0.3 is 12.2 Å². The van der Waals surface area contributed by atoms with Gasteiger partial charge in [-0.1, -0.05) is 68.4 Å². The van der Waals surface area contributed by atoms with Crippen molar-refractivity contribution in [2.75, 3.05) is 11.9 Å². The minimum atomic E-state index is -4.89. The third-order valence-electron chi connectivity index (χ3n) is 8.53. The molecule has 54 heavy (non-hydrogen) atoms. The molecular formula is C37H36N4O12S. The van der Waals surface area contributed by atoms with Crippen molar-refractivity contribution in [2.24, 2.45) is 5.92 Å². The molecule has 16 nitrogen and oxygen atoms in total. The number of amides is 3. The number of hydrogen-bond acceptors (Lipinski definition) is 11. The zero-order valence-corrected chi connectivity index (χ0v) is 30.0. The van der Waals surface area contributed by atoms with Crippen LogP contribution < -0.4 is 20.7 Å². The molecule has 0 saturated heterocycles. The molecule has 4 N–H and O–H groups in total. The van der Waals surface area contributed by atoms with Gasteiger partial charge in [-0.3, -0.25) is 24.3 Å². The highest BCUT2D eigenvalue weighted by molar-refractivity contribution is 7.85. The number of nitro benzene ring substituents is 1. The van der Waals surface area contributed by atoms with Gasteiger partial charge in [-0.2, -0.15) is 8.42 Å². The third-order valence-corrected chi connectivity index (χ3v) is 9.46. The topological polar surface area (TPSA) is 230 Å². The van der Waals surface area contributed by atoms with Crippen LogP contribution in [-0.2, 0) is 35.8 Å². The molecule has 0 radical (unpaired) electrons. The number of alkyl carbamates (subject to hydrolysis) is 1. The molecule has 2 atom stereocenters. The SMILES string of the molecule is CC(NC(=O)C(NC(=O)OCC1c2ccccc2-c2ccccc21)C(C)C)C(=O)Nc1ccc(COC(=O)Oc2ccc([N+](=O)[O-])cc2)c(S(=O)(=O)O)c1. The molecule has 4 aromatic rings. The molecule has 5 rings (SSSR count). The van der Waals surface area contributed by atoms with E-state index in [0.717, 1.165) is 52.6 Å². The number of hydrogen-bond donors (Lipinski definition) is 4. The van der Waals surface area contributed by atoms with Gasteiger partial charge in [0.1, 0.15) is 35.9 Å². The summed E-state index contributed by atoms with van der Waals surface area (Å²) in [5.74, 6) is -2.10. The van der Waals surface area contributed by atoms with E-state index in [1.807, 2.05) is 48.5 Å². The van der Waals surface area contributed by atoms with Crippen molar-refractivity contribution in [3.8, 4) is 16.9 Å². The number of rotatable bonds is 13. The van der Waals surface area contributed by atoms with Crippen LogP contribution >= 0.6 is 0 Å². The Hall–Kier alpha value is -6.33. The zero-order valence-electron chi connectivity index (χ0n) is 29.2. The summed E-state index contributed by atoms with van der Waals surface area (Å²) in [5.41, 5.74) is 3.69. The number of nitro groups is 1. The molecule has 1 aliphatic rings. The van der Waals surface area contributed by atoms with E-state index in [4.69, 9.17) is 14.2 Å². The second-order valence-corrected chi connectivity index (χ2v) is 14.0. The molecule has 3 amide bonds. The van der Waals surface area contributed by atoms with Crippen LogP contribution in [0.2, 0.25) is 0 Å². The van der Waals surface area contributed by atoms with Crippen LogP contribution in [0.5, 0.6) is 5.75 Å². The highest BCUT2D eigenvalue weighted by atomic mass is 32.2. The lowest BCUT2D eigenvalue weighted by atomic mass is 9.98. The third kappa shape index (κ3) is 9.36. The lowest BCUT2D eigenvalue weighted by Gasteiger charge is -2.24. The fourth-order valence-electron chi connectivity index (χ4n) is 5.81. The largest absolute Gasteiger partial charge is 0.514 e. The highest BCUT2D eigenvalue weighted by Crippen LogP contribution is 2.44. The number of carbonyl (C=O) groups is 4. The smallest absolute Gasteiger partial charge is 0.449 e. The molecule has 1 aliphatic carbocycles. The minimum absolute atomic E-state index is 0.0355. The number of ether oxygens (including phenoxy) is 3. The van der Waals surface area contributed by atoms with Crippen molar-refractivity contribution in [1.29, 1.82) is 0 Å². The van der Waals surface area contributed by atoms with E-state index in [9.17, 15) is 42.3 Å². The Morgan fingerprint density at radius 2 is 1.44 bits per heavy atom. The van der Waals surface area contributed by atoms with Gasteiger partial charge in [-0.05, 0) is 59.4 Å². The van der Waals surface area contributed by atoms with E-state index in [0.29, 0.717) is 0 Å². The highest BCUT2D eigenvalue weighted by Gasteiger charge is 2.31. The summed E-state index contributed by atoms with van der Waals surface area (Å²) < 4.78 is 49.6. The molecule has 0 fully saturated rings. The van der Waals surface area contributed by atoms with Crippen molar-refractivity contribution in [3.63, 3.8) is 0 Å². The first-order chi connectivity index (χ1) is 25.6. The molecule has 0 spiro atoms. The van der Waals surface area contributed by atoms with Crippen molar-refractivity contribution in [3.05, 3.63) is 118 Å². The van der Waals surface area contributed by atoms with Gasteiger partial charge in [0.25, 0.3) is 15.8 Å². The molecule has 0 heterocycles. The Morgan fingerprint density at radius 1 is 0.833 bits per heavy atom. The number of carbonyl (C=O) groups excluding carboxylic acids is 4. The van der Waals surface area contributed by atoms with Gasteiger partial charge in [-0.25, -0.2) is 9.59 Å². The lowest BCUT2D eigenvalue weighted by Crippen LogP contribution is -2.53. The van der Waals surface area contributed by atoms with Gasteiger partial charge in [0.05, 0.1) is 4.92 Å². The van der Waals surface area contributed by atoms with Crippen LogP contribution in [0.1, 0.15) is 43.4 Å². The number of anilines is 1. The quantitative estimate of drug-likeness (QED) is 0.0431. The van der Waals surface area contributed by atoms with Crippen LogP contribution in [0.4, 0.5) is 21.0 Å². The number of non-ortho nitro benzene ring substituents is 1. The van der Waals surface area contributed by atoms with Gasteiger partial charge in [0.15, 0.2) is 0 Å². The maximum atomic E-state index is 13.2. The van der Waals surface area contributed by atoms with Gasteiger partial charge in [0.2, 0.25) is 11.8 Å². The Morgan fingerprint density at radius 3 is 2.02 bits per heavy atom. The second kappa shape index (κ2) is 16.6. The molecule has 17 heteroatoms. The summed E-state index contributed by atoms with van der Waals surface area (Å²) in [7, 11) is -4.89. The van der Waals surface area contributed by atoms with Gasteiger partial charge < -0.3 is 30.2 Å². The minimum Gasteiger partial charge on any atom is -0.449 e. The van der Waals surface area contributed by atoms with E-state index in [-0.39, 0.29) is 35.2 Å². The Labute approximate surface area is 309 Å². The van der Waals surface area contributed by atoms with Crippen LogP contribution in [0.3, 0.4) is 0 Å². The van der Waals surface area contributed by atoms with Crippen LogP contribution in [-0.4, -0.2) is 60.6 Å². The van der Waals surface area contributed by atoms with E-state index in [1.54, 1.807) is 13.8 Å². The Kier molecular flexibility index (Phi) is 11.9. The summed E-state index contributed by atoms with van der Waals surface area (Å²) in [6.07, 6.45) is -2.08. The molecule has 0 aromatic heterocycles. The fourth-order valence-corrected chi connectivity index (χ4v) is 6.55.